The van der Waals surface area contributed by atoms with E-state index in [4.69, 9.17) is 16.9 Å². The highest BCUT2D eigenvalue weighted by Crippen LogP contribution is 2.29. The van der Waals surface area contributed by atoms with Crippen LogP contribution in [-0.2, 0) is 6.42 Å². The van der Waals surface area contributed by atoms with E-state index in [1.165, 1.54) is 0 Å². The number of ketones is 1. The van der Waals surface area contributed by atoms with Crippen molar-refractivity contribution >= 4 is 23.2 Å². The van der Waals surface area contributed by atoms with Gasteiger partial charge in [0, 0.05) is 37.7 Å². The molecule has 2 heterocycles. The van der Waals surface area contributed by atoms with Crippen LogP contribution in [0, 0.1) is 11.3 Å². The Morgan fingerprint density at radius 3 is 3.10 bits per heavy atom. The summed E-state index contributed by atoms with van der Waals surface area (Å²) >= 11 is 5.99. The lowest BCUT2D eigenvalue weighted by Crippen LogP contribution is -2.51. The standard InChI is InChI=1S/C14H16ClN5O/c15-14-18-12-10(2-1-3-11(12)21)13(19-14)20-7-6-17-9(8-20)4-5-16/h9,17H,1-4,6-8H2/t9-/m0/s1. The molecule has 1 N–H and O–H groups in total. The number of anilines is 1. The summed E-state index contributed by atoms with van der Waals surface area (Å²) in [5, 5.41) is 12.3. The summed E-state index contributed by atoms with van der Waals surface area (Å²) in [6, 6.07) is 2.31. The van der Waals surface area contributed by atoms with Crippen LogP contribution in [-0.4, -0.2) is 41.4 Å². The number of halogens is 1. The molecule has 110 valence electrons. The molecule has 1 aromatic heterocycles. The first-order valence-corrected chi connectivity index (χ1v) is 7.51. The Bertz CT molecular complexity index is 612. The summed E-state index contributed by atoms with van der Waals surface area (Å²) in [5.41, 5.74) is 1.39. The lowest BCUT2D eigenvalue weighted by atomic mass is 9.95. The fraction of sp³-hybridized carbons (Fsp3) is 0.571. The molecule has 21 heavy (non-hydrogen) atoms. The molecule has 1 fully saturated rings. The number of fused-ring (bicyclic) bond motifs is 1. The molecule has 0 radical (unpaired) electrons. The van der Waals surface area contributed by atoms with Gasteiger partial charge >= 0.3 is 0 Å². The normalized spacial score (nSPS) is 21.8. The van der Waals surface area contributed by atoms with Gasteiger partial charge in [-0.05, 0) is 24.4 Å². The van der Waals surface area contributed by atoms with E-state index in [2.05, 4.69) is 26.3 Å². The lowest BCUT2D eigenvalue weighted by Gasteiger charge is -2.35. The van der Waals surface area contributed by atoms with Crippen LogP contribution in [0.3, 0.4) is 0 Å². The number of nitriles is 1. The molecule has 0 unspecified atom stereocenters. The summed E-state index contributed by atoms with van der Waals surface area (Å²) < 4.78 is 0. The zero-order valence-electron chi connectivity index (χ0n) is 11.6. The third kappa shape index (κ3) is 2.85. The van der Waals surface area contributed by atoms with E-state index < -0.39 is 0 Å². The van der Waals surface area contributed by atoms with Gasteiger partial charge in [-0.25, -0.2) is 9.97 Å². The average Bonchev–Trinajstić information content (AvgIpc) is 2.48. The van der Waals surface area contributed by atoms with Crippen LogP contribution in [0.1, 0.15) is 35.3 Å². The van der Waals surface area contributed by atoms with Crippen molar-refractivity contribution in [3.05, 3.63) is 16.5 Å². The van der Waals surface area contributed by atoms with Crippen LogP contribution in [0.5, 0.6) is 0 Å². The fourth-order valence-corrected chi connectivity index (χ4v) is 3.14. The van der Waals surface area contributed by atoms with Gasteiger partial charge in [-0.15, -0.1) is 0 Å². The highest BCUT2D eigenvalue weighted by atomic mass is 35.5. The van der Waals surface area contributed by atoms with E-state index in [1.807, 2.05) is 0 Å². The Morgan fingerprint density at radius 2 is 2.29 bits per heavy atom. The van der Waals surface area contributed by atoms with Gasteiger partial charge in [0.1, 0.15) is 11.5 Å². The smallest absolute Gasteiger partial charge is 0.225 e. The van der Waals surface area contributed by atoms with Crippen LogP contribution in [0.25, 0.3) is 0 Å². The number of aromatic nitrogens is 2. The number of rotatable bonds is 2. The first kappa shape index (κ1) is 14.2. The maximum atomic E-state index is 12.0. The fourth-order valence-electron chi connectivity index (χ4n) is 2.98. The first-order chi connectivity index (χ1) is 10.2. The zero-order valence-corrected chi connectivity index (χ0v) is 12.4. The Hall–Kier alpha value is -1.71. The summed E-state index contributed by atoms with van der Waals surface area (Å²) in [4.78, 5) is 22.6. The molecule has 1 aliphatic heterocycles. The highest BCUT2D eigenvalue weighted by Gasteiger charge is 2.28. The molecule has 1 atom stereocenters. The molecule has 7 heteroatoms. The summed E-state index contributed by atoms with van der Waals surface area (Å²) in [5.74, 6) is 0.813. The van der Waals surface area contributed by atoms with Crippen molar-refractivity contribution in [1.29, 1.82) is 5.26 Å². The predicted octanol–water partition coefficient (Wildman–Crippen LogP) is 1.34. The van der Waals surface area contributed by atoms with Crippen LogP contribution in [0.15, 0.2) is 0 Å². The number of nitrogens with zero attached hydrogens (tertiary/aromatic N) is 4. The average molecular weight is 306 g/mol. The zero-order chi connectivity index (χ0) is 14.8. The highest BCUT2D eigenvalue weighted by molar-refractivity contribution is 6.28. The maximum Gasteiger partial charge on any atom is 0.225 e. The van der Waals surface area contributed by atoms with Crippen LogP contribution in [0.2, 0.25) is 5.28 Å². The van der Waals surface area contributed by atoms with Crippen LogP contribution < -0.4 is 10.2 Å². The number of Topliss-reactive ketones (excluding diaryl/α,β-unsaturated/α-hetero) is 1. The van der Waals surface area contributed by atoms with Gasteiger partial charge in [-0.2, -0.15) is 5.26 Å². The van der Waals surface area contributed by atoms with Crippen LogP contribution >= 0.6 is 11.6 Å². The lowest BCUT2D eigenvalue weighted by molar-refractivity contribution is 0.0967. The van der Waals surface area contributed by atoms with Crippen molar-refractivity contribution in [2.45, 2.75) is 31.7 Å². The second-order valence-electron chi connectivity index (χ2n) is 5.38. The minimum atomic E-state index is 0.0468. The van der Waals surface area contributed by atoms with Gasteiger partial charge in [0.15, 0.2) is 5.78 Å². The largest absolute Gasteiger partial charge is 0.353 e. The molecule has 6 nitrogen and oxygen atoms in total. The monoisotopic (exact) mass is 305 g/mol. The van der Waals surface area contributed by atoms with Crippen molar-refractivity contribution in [3.63, 3.8) is 0 Å². The number of hydrogen-bond donors (Lipinski definition) is 1. The van der Waals surface area contributed by atoms with Gasteiger partial charge in [0.25, 0.3) is 0 Å². The SMILES string of the molecule is N#CC[C@H]1CN(c2nc(Cl)nc3c2CCCC3=O)CCN1. The molecule has 0 bridgehead atoms. The third-order valence-corrected chi connectivity index (χ3v) is 4.11. The number of carbonyl (C=O) groups excluding carboxylic acids is 1. The quantitative estimate of drug-likeness (QED) is 0.830. The Balaban J connectivity index is 1.95. The topological polar surface area (TPSA) is 81.9 Å². The predicted molar refractivity (Wildman–Crippen MR) is 78.5 cm³/mol. The Labute approximate surface area is 128 Å². The molecular formula is C14H16ClN5O. The number of hydrogen-bond acceptors (Lipinski definition) is 6. The van der Waals surface area contributed by atoms with Gasteiger partial charge < -0.3 is 10.2 Å². The second-order valence-corrected chi connectivity index (χ2v) is 5.72. The van der Waals surface area contributed by atoms with E-state index in [-0.39, 0.29) is 17.1 Å². The molecule has 3 rings (SSSR count). The minimum absolute atomic E-state index is 0.0468. The van der Waals surface area contributed by atoms with E-state index in [9.17, 15) is 4.79 Å². The van der Waals surface area contributed by atoms with Gasteiger partial charge in [0.2, 0.25) is 5.28 Å². The van der Waals surface area contributed by atoms with Crippen molar-refractivity contribution in [1.82, 2.24) is 15.3 Å². The maximum absolute atomic E-state index is 12.0. The molecule has 1 saturated heterocycles. The van der Waals surface area contributed by atoms with E-state index >= 15 is 0 Å². The minimum Gasteiger partial charge on any atom is -0.353 e. The third-order valence-electron chi connectivity index (χ3n) is 3.95. The molecule has 0 saturated carbocycles. The van der Waals surface area contributed by atoms with Crippen molar-refractivity contribution in [3.8, 4) is 6.07 Å². The molecule has 2 aliphatic rings. The van der Waals surface area contributed by atoms with Crippen molar-refractivity contribution in [2.24, 2.45) is 0 Å². The van der Waals surface area contributed by atoms with E-state index in [0.717, 1.165) is 37.3 Å². The van der Waals surface area contributed by atoms with Gasteiger partial charge in [0.05, 0.1) is 12.5 Å². The second kappa shape index (κ2) is 5.96. The van der Waals surface area contributed by atoms with Crippen LogP contribution in [0.4, 0.5) is 5.82 Å². The number of piperazine rings is 1. The molecule has 1 aromatic rings. The van der Waals surface area contributed by atoms with Gasteiger partial charge in [-0.3, -0.25) is 4.79 Å². The van der Waals surface area contributed by atoms with Crippen molar-refractivity contribution in [2.75, 3.05) is 24.5 Å². The summed E-state index contributed by atoms with van der Waals surface area (Å²) in [6.45, 7) is 2.27. The first-order valence-electron chi connectivity index (χ1n) is 7.14. The Kier molecular flexibility index (Phi) is 4.04. The molecule has 0 spiro atoms. The van der Waals surface area contributed by atoms with Crippen molar-refractivity contribution < 1.29 is 4.79 Å². The van der Waals surface area contributed by atoms with Gasteiger partial charge in [-0.1, -0.05) is 0 Å². The number of nitrogens with one attached hydrogen (secondary N) is 1. The molecule has 0 amide bonds. The number of carbonyl (C=O) groups is 1. The Morgan fingerprint density at radius 1 is 1.43 bits per heavy atom. The molecular weight excluding hydrogens is 290 g/mol. The summed E-state index contributed by atoms with van der Waals surface area (Å²) in [6.07, 6.45) is 2.62. The summed E-state index contributed by atoms with van der Waals surface area (Å²) in [7, 11) is 0. The van der Waals surface area contributed by atoms with E-state index in [1.54, 1.807) is 0 Å². The molecule has 1 aliphatic carbocycles. The van der Waals surface area contributed by atoms with E-state index in [0.29, 0.717) is 25.1 Å². The molecule has 0 aromatic carbocycles.